The number of hydrogen-bond donors (Lipinski definition) is 1. The van der Waals surface area contributed by atoms with Crippen molar-refractivity contribution in [3.05, 3.63) is 52.3 Å². The fraction of sp³-hybridized carbons (Fsp3) is 0.409. The van der Waals surface area contributed by atoms with Crippen molar-refractivity contribution in [2.45, 2.75) is 40.7 Å². The number of aromatic amines is 1. The molecule has 0 aliphatic heterocycles. The van der Waals surface area contributed by atoms with Gasteiger partial charge < -0.3 is 19.4 Å². The average Bonchev–Trinajstić information content (AvgIpc) is 3.02. The van der Waals surface area contributed by atoms with E-state index in [1.54, 1.807) is 52.0 Å². The molecule has 2 aromatic rings. The Labute approximate surface area is 171 Å². The Morgan fingerprint density at radius 2 is 1.86 bits per heavy atom. The summed E-state index contributed by atoms with van der Waals surface area (Å²) in [4.78, 5) is 42.9. The largest absolute Gasteiger partial charge is 0.497 e. The number of ketones is 1. The van der Waals surface area contributed by atoms with Crippen molar-refractivity contribution < 1.29 is 23.9 Å². The molecule has 1 aromatic heterocycles. The Balaban J connectivity index is 2.34. The van der Waals surface area contributed by atoms with Gasteiger partial charge in [-0.05, 0) is 58.4 Å². The zero-order valence-corrected chi connectivity index (χ0v) is 17.8. The Morgan fingerprint density at radius 3 is 2.45 bits per heavy atom. The minimum absolute atomic E-state index is 0.232. The van der Waals surface area contributed by atoms with Crippen LogP contribution in [-0.4, -0.2) is 53.8 Å². The van der Waals surface area contributed by atoms with Gasteiger partial charge in [0.2, 0.25) is 0 Å². The normalized spacial score (nSPS) is 11.7. The van der Waals surface area contributed by atoms with Crippen molar-refractivity contribution in [3.63, 3.8) is 0 Å². The number of hydrogen-bond acceptors (Lipinski definition) is 5. The van der Waals surface area contributed by atoms with Crippen molar-refractivity contribution in [3.8, 4) is 5.75 Å². The van der Waals surface area contributed by atoms with Crippen molar-refractivity contribution in [1.82, 2.24) is 9.88 Å². The second-order valence-corrected chi connectivity index (χ2v) is 6.71. The minimum atomic E-state index is -0.707. The maximum atomic E-state index is 13.2. The summed E-state index contributed by atoms with van der Waals surface area (Å²) in [6.45, 7) is 9.28. The molecule has 0 fully saturated rings. The van der Waals surface area contributed by atoms with Gasteiger partial charge >= 0.3 is 5.97 Å². The number of benzene rings is 1. The third-order valence-corrected chi connectivity index (χ3v) is 4.93. The molecule has 0 aliphatic rings. The number of likely N-dealkylation sites (N-methyl/N-ethyl adjacent to an activating group) is 1. The smallest absolute Gasteiger partial charge is 0.355 e. The number of carbonyl (C=O) groups excluding carboxylic acids is 3. The molecule has 0 bridgehead atoms. The van der Waals surface area contributed by atoms with Crippen molar-refractivity contribution >= 4 is 17.7 Å². The number of ether oxygens (including phenoxy) is 2. The SMILES string of the molecule is CCOC(=O)c1[nH]c(C)c(C(=O)[C@@H](C)N(CC)C(=O)c2cccc(OC)c2)c1C. The molecule has 0 unspecified atom stereocenters. The average molecular weight is 400 g/mol. The zero-order valence-electron chi connectivity index (χ0n) is 17.8. The molecule has 7 heteroatoms. The van der Waals surface area contributed by atoms with Crippen LogP contribution in [-0.2, 0) is 4.74 Å². The van der Waals surface area contributed by atoms with E-state index in [0.29, 0.717) is 34.7 Å². The van der Waals surface area contributed by atoms with Gasteiger partial charge in [0.25, 0.3) is 5.91 Å². The molecule has 0 radical (unpaired) electrons. The molecule has 156 valence electrons. The molecule has 7 nitrogen and oxygen atoms in total. The van der Waals surface area contributed by atoms with Crippen LogP contribution in [0.25, 0.3) is 0 Å². The summed E-state index contributed by atoms with van der Waals surface area (Å²) in [5.74, 6) is -0.421. The summed E-state index contributed by atoms with van der Waals surface area (Å²) in [6, 6.07) is 6.12. The summed E-state index contributed by atoms with van der Waals surface area (Å²) in [7, 11) is 1.53. The molecule has 0 aliphatic carbocycles. The molecule has 0 saturated heterocycles. The van der Waals surface area contributed by atoms with E-state index in [-0.39, 0.29) is 24.0 Å². The Morgan fingerprint density at radius 1 is 1.17 bits per heavy atom. The first-order chi connectivity index (χ1) is 13.8. The highest BCUT2D eigenvalue weighted by Crippen LogP contribution is 2.23. The van der Waals surface area contributed by atoms with E-state index >= 15 is 0 Å². The predicted molar refractivity (Wildman–Crippen MR) is 110 cm³/mol. The third kappa shape index (κ3) is 4.50. The predicted octanol–water partition coefficient (Wildman–Crippen LogP) is 3.55. The number of amides is 1. The Hall–Kier alpha value is -3.09. The van der Waals surface area contributed by atoms with Crippen LogP contribution in [0.5, 0.6) is 5.75 Å². The summed E-state index contributed by atoms with van der Waals surface area (Å²) >= 11 is 0. The summed E-state index contributed by atoms with van der Waals surface area (Å²) in [5, 5.41) is 0. The van der Waals surface area contributed by atoms with Crippen LogP contribution >= 0.6 is 0 Å². The molecular weight excluding hydrogens is 372 g/mol. The monoisotopic (exact) mass is 400 g/mol. The summed E-state index contributed by atoms with van der Waals surface area (Å²) in [6.07, 6.45) is 0. The van der Waals surface area contributed by atoms with E-state index in [2.05, 4.69) is 4.98 Å². The summed E-state index contributed by atoms with van der Waals surface area (Å²) in [5.41, 5.74) is 2.23. The quantitative estimate of drug-likeness (QED) is 0.541. The van der Waals surface area contributed by atoms with Gasteiger partial charge in [0.05, 0.1) is 19.8 Å². The highest BCUT2D eigenvalue weighted by atomic mass is 16.5. The molecule has 1 amide bonds. The van der Waals surface area contributed by atoms with E-state index in [0.717, 1.165) is 0 Å². The highest BCUT2D eigenvalue weighted by molar-refractivity contribution is 6.07. The number of aryl methyl sites for hydroxylation is 1. The second-order valence-electron chi connectivity index (χ2n) is 6.71. The van der Waals surface area contributed by atoms with E-state index < -0.39 is 12.0 Å². The van der Waals surface area contributed by atoms with E-state index in [4.69, 9.17) is 9.47 Å². The lowest BCUT2D eigenvalue weighted by atomic mass is 9.99. The van der Waals surface area contributed by atoms with Crippen molar-refractivity contribution in [2.24, 2.45) is 0 Å². The van der Waals surface area contributed by atoms with Gasteiger partial charge in [-0.3, -0.25) is 9.59 Å². The van der Waals surface area contributed by atoms with Gasteiger partial charge in [-0.25, -0.2) is 4.79 Å². The lowest BCUT2D eigenvalue weighted by Gasteiger charge is -2.27. The van der Waals surface area contributed by atoms with Crippen LogP contribution < -0.4 is 4.74 Å². The number of methoxy groups -OCH3 is 1. The molecule has 1 N–H and O–H groups in total. The number of nitrogens with one attached hydrogen (secondary N) is 1. The molecule has 0 saturated carbocycles. The van der Waals surface area contributed by atoms with Crippen LogP contribution in [0.3, 0.4) is 0 Å². The van der Waals surface area contributed by atoms with Gasteiger partial charge in [-0.1, -0.05) is 6.07 Å². The van der Waals surface area contributed by atoms with Gasteiger partial charge in [-0.2, -0.15) is 0 Å². The Bertz CT molecular complexity index is 916. The fourth-order valence-corrected chi connectivity index (χ4v) is 3.39. The van der Waals surface area contributed by atoms with Crippen molar-refractivity contribution in [1.29, 1.82) is 0 Å². The van der Waals surface area contributed by atoms with Crippen LogP contribution in [0, 0.1) is 13.8 Å². The van der Waals surface area contributed by atoms with Crippen molar-refractivity contribution in [2.75, 3.05) is 20.3 Å². The lowest BCUT2D eigenvalue weighted by Crippen LogP contribution is -2.43. The molecule has 29 heavy (non-hydrogen) atoms. The number of carbonyl (C=O) groups is 3. The van der Waals surface area contributed by atoms with Gasteiger partial charge in [0, 0.05) is 23.4 Å². The number of rotatable bonds is 8. The maximum absolute atomic E-state index is 13.2. The van der Waals surface area contributed by atoms with Gasteiger partial charge in [0.1, 0.15) is 11.4 Å². The van der Waals surface area contributed by atoms with Crippen LogP contribution in [0.4, 0.5) is 0 Å². The number of aromatic nitrogens is 1. The van der Waals surface area contributed by atoms with Gasteiger partial charge in [-0.15, -0.1) is 0 Å². The zero-order chi connectivity index (χ0) is 21.7. The first-order valence-corrected chi connectivity index (χ1v) is 9.62. The van der Waals surface area contributed by atoms with E-state index in [1.165, 1.54) is 12.0 Å². The molecule has 2 rings (SSSR count). The Kier molecular flexibility index (Phi) is 7.20. The molecule has 1 aromatic carbocycles. The highest BCUT2D eigenvalue weighted by Gasteiger charge is 2.31. The van der Waals surface area contributed by atoms with Crippen LogP contribution in [0.15, 0.2) is 24.3 Å². The number of esters is 1. The number of nitrogens with zero attached hydrogens (tertiary/aromatic N) is 1. The van der Waals surface area contributed by atoms with Gasteiger partial charge in [0.15, 0.2) is 5.78 Å². The summed E-state index contributed by atoms with van der Waals surface area (Å²) < 4.78 is 10.2. The van der Waals surface area contributed by atoms with E-state index in [1.807, 2.05) is 6.92 Å². The standard InChI is InChI=1S/C22H28N2O5/c1-7-24(21(26)16-10-9-11-17(12-16)28-6)15(5)20(25)18-13(3)19(23-14(18)4)22(27)29-8-2/h9-12,15,23H,7-8H2,1-6H3/t15-/m1/s1. The molecule has 0 spiro atoms. The first kappa shape index (κ1) is 22.2. The van der Waals surface area contributed by atoms with Crippen LogP contribution in [0.1, 0.15) is 63.2 Å². The molecular formula is C22H28N2O5. The van der Waals surface area contributed by atoms with E-state index in [9.17, 15) is 14.4 Å². The maximum Gasteiger partial charge on any atom is 0.355 e. The second kappa shape index (κ2) is 9.41. The molecule has 1 atom stereocenters. The fourth-order valence-electron chi connectivity index (χ4n) is 3.39. The topological polar surface area (TPSA) is 88.7 Å². The number of H-pyrrole nitrogens is 1. The molecule has 1 heterocycles. The minimum Gasteiger partial charge on any atom is -0.497 e. The number of Topliss-reactive ketones (excluding diaryl/α,β-unsaturated/α-hetero) is 1. The lowest BCUT2D eigenvalue weighted by molar-refractivity contribution is 0.0519. The first-order valence-electron chi connectivity index (χ1n) is 9.62. The van der Waals surface area contributed by atoms with Crippen LogP contribution in [0.2, 0.25) is 0 Å². The third-order valence-electron chi connectivity index (χ3n) is 4.93.